The van der Waals surface area contributed by atoms with E-state index in [1.807, 2.05) is 12.1 Å². The van der Waals surface area contributed by atoms with Crippen molar-refractivity contribution in [2.45, 2.75) is 37.5 Å². The Morgan fingerprint density at radius 3 is 2.74 bits per heavy atom. The summed E-state index contributed by atoms with van der Waals surface area (Å²) >= 11 is 3.50. The molecule has 19 heavy (non-hydrogen) atoms. The highest BCUT2D eigenvalue weighted by Crippen LogP contribution is 2.27. The van der Waals surface area contributed by atoms with E-state index in [-0.39, 0.29) is 6.04 Å². The first-order valence-corrected chi connectivity index (χ1v) is 7.89. The Labute approximate surface area is 123 Å². The number of ether oxygens (including phenoxy) is 1. The van der Waals surface area contributed by atoms with Crippen LogP contribution < -0.4 is 5.73 Å². The molecular formula is C15H21BrN2O. The van der Waals surface area contributed by atoms with Crippen LogP contribution in [0, 0.1) is 0 Å². The number of morpholine rings is 1. The second kappa shape index (κ2) is 5.92. The Hall–Kier alpha value is -0.420. The quantitative estimate of drug-likeness (QED) is 0.925. The molecule has 1 aromatic rings. The van der Waals surface area contributed by atoms with Crippen LogP contribution in [0.25, 0.3) is 0 Å². The van der Waals surface area contributed by atoms with Gasteiger partial charge in [0.25, 0.3) is 0 Å². The van der Waals surface area contributed by atoms with Crippen LogP contribution in [0.3, 0.4) is 0 Å². The van der Waals surface area contributed by atoms with Gasteiger partial charge < -0.3 is 10.5 Å². The van der Waals surface area contributed by atoms with Crippen molar-refractivity contribution in [1.82, 2.24) is 4.90 Å². The molecule has 2 saturated heterocycles. The molecule has 2 fully saturated rings. The van der Waals surface area contributed by atoms with Crippen LogP contribution in [0.5, 0.6) is 0 Å². The summed E-state index contributed by atoms with van der Waals surface area (Å²) in [6.07, 6.45) is 4.43. The zero-order valence-corrected chi connectivity index (χ0v) is 12.7. The van der Waals surface area contributed by atoms with E-state index in [2.05, 4.69) is 33.0 Å². The standard InChI is InChI=1S/C15H21BrN2O/c16-12-3-1-2-11(8-12)15(17)6-7-18-9-13-4-5-14(10-18)19-13/h1-3,8,13-15H,4-7,9-10,17H2. The lowest BCUT2D eigenvalue weighted by Gasteiger charge is -2.32. The molecule has 0 spiro atoms. The molecule has 2 aliphatic heterocycles. The van der Waals surface area contributed by atoms with Gasteiger partial charge in [0.2, 0.25) is 0 Å². The minimum atomic E-state index is 0.123. The molecule has 3 rings (SSSR count). The monoisotopic (exact) mass is 324 g/mol. The molecule has 4 heteroatoms. The van der Waals surface area contributed by atoms with Crippen molar-refractivity contribution < 1.29 is 4.74 Å². The Kier molecular flexibility index (Phi) is 4.22. The molecule has 2 N–H and O–H groups in total. The van der Waals surface area contributed by atoms with Crippen molar-refractivity contribution in [2.24, 2.45) is 5.73 Å². The van der Waals surface area contributed by atoms with Crippen LogP contribution in [-0.4, -0.2) is 36.7 Å². The Bertz CT molecular complexity index is 428. The summed E-state index contributed by atoms with van der Waals surface area (Å²) in [5, 5.41) is 0. The summed E-state index contributed by atoms with van der Waals surface area (Å²) < 4.78 is 6.96. The minimum absolute atomic E-state index is 0.123. The molecule has 2 bridgehead atoms. The zero-order chi connectivity index (χ0) is 13.2. The number of likely N-dealkylation sites (tertiary alicyclic amines) is 1. The largest absolute Gasteiger partial charge is 0.372 e. The number of hydrogen-bond donors (Lipinski definition) is 1. The molecular weight excluding hydrogens is 304 g/mol. The molecule has 3 nitrogen and oxygen atoms in total. The van der Waals surface area contributed by atoms with Gasteiger partial charge in [0.1, 0.15) is 0 Å². The van der Waals surface area contributed by atoms with Crippen LogP contribution >= 0.6 is 15.9 Å². The highest BCUT2D eigenvalue weighted by Gasteiger charge is 2.33. The van der Waals surface area contributed by atoms with E-state index >= 15 is 0 Å². The van der Waals surface area contributed by atoms with Gasteiger partial charge in [-0.2, -0.15) is 0 Å². The zero-order valence-electron chi connectivity index (χ0n) is 11.1. The van der Waals surface area contributed by atoms with Crippen molar-refractivity contribution in [3.8, 4) is 0 Å². The molecule has 0 radical (unpaired) electrons. The molecule has 0 aliphatic carbocycles. The SMILES string of the molecule is NC(CCN1CC2CCC(C1)O2)c1cccc(Br)c1. The van der Waals surface area contributed by atoms with Crippen LogP contribution in [0.1, 0.15) is 30.9 Å². The van der Waals surface area contributed by atoms with Crippen molar-refractivity contribution >= 4 is 15.9 Å². The van der Waals surface area contributed by atoms with Gasteiger partial charge in [0.05, 0.1) is 12.2 Å². The number of nitrogens with zero attached hydrogens (tertiary/aromatic N) is 1. The van der Waals surface area contributed by atoms with E-state index in [1.165, 1.54) is 18.4 Å². The Morgan fingerprint density at radius 1 is 1.32 bits per heavy atom. The van der Waals surface area contributed by atoms with E-state index in [0.717, 1.165) is 30.5 Å². The van der Waals surface area contributed by atoms with Gasteiger partial charge in [-0.15, -0.1) is 0 Å². The first-order valence-electron chi connectivity index (χ1n) is 7.09. The fourth-order valence-corrected chi connectivity index (χ4v) is 3.52. The van der Waals surface area contributed by atoms with Crippen molar-refractivity contribution in [2.75, 3.05) is 19.6 Å². The average Bonchev–Trinajstić information content (AvgIpc) is 2.75. The van der Waals surface area contributed by atoms with Crippen LogP contribution in [0.4, 0.5) is 0 Å². The lowest BCUT2D eigenvalue weighted by atomic mass is 10.0. The third-order valence-corrected chi connectivity index (χ3v) is 4.65. The Morgan fingerprint density at radius 2 is 2.05 bits per heavy atom. The van der Waals surface area contributed by atoms with E-state index in [9.17, 15) is 0 Å². The summed E-state index contributed by atoms with van der Waals surface area (Å²) in [4.78, 5) is 2.52. The predicted molar refractivity (Wildman–Crippen MR) is 80.0 cm³/mol. The van der Waals surface area contributed by atoms with Crippen LogP contribution in [0.2, 0.25) is 0 Å². The molecule has 104 valence electrons. The van der Waals surface area contributed by atoms with Gasteiger partial charge in [-0.05, 0) is 37.0 Å². The van der Waals surface area contributed by atoms with Crippen LogP contribution in [-0.2, 0) is 4.74 Å². The fourth-order valence-electron chi connectivity index (χ4n) is 3.11. The van der Waals surface area contributed by atoms with Crippen molar-refractivity contribution in [3.05, 3.63) is 34.3 Å². The first-order chi connectivity index (χ1) is 9.20. The first kappa shape index (κ1) is 13.6. The average molecular weight is 325 g/mol. The number of fused-ring (bicyclic) bond motifs is 2. The van der Waals surface area contributed by atoms with Gasteiger partial charge in [0, 0.05) is 30.1 Å². The maximum absolute atomic E-state index is 6.29. The van der Waals surface area contributed by atoms with Gasteiger partial charge in [-0.1, -0.05) is 28.1 Å². The topological polar surface area (TPSA) is 38.5 Å². The minimum Gasteiger partial charge on any atom is -0.372 e. The predicted octanol–water partition coefficient (Wildman–Crippen LogP) is 2.70. The smallest absolute Gasteiger partial charge is 0.0707 e. The number of benzene rings is 1. The molecule has 0 amide bonds. The molecule has 3 atom stereocenters. The number of nitrogens with two attached hydrogens (primary N) is 1. The number of hydrogen-bond acceptors (Lipinski definition) is 3. The fraction of sp³-hybridized carbons (Fsp3) is 0.600. The molecule has 2 aliphatic rings. The summed E-state index contributed by atoms with van der Waals surface area (Å²) in [6.45, 7) is 3.24. The lowest BCUT2D eigenvalue weighted by Crippen LogP contribution is -2.43. The second-order valence-corrected chi connectivity index (χ2v) is 6.58. The number of rotatable bonds is 4. The van der Waals surface area contributed by atoms with Gasteiger partial charge >= 0.3 is 0 Å². The van der Waals surface area contributed by atoms with Crippen molar-refractivity contribution in [3.63, 3.8) is 0 Å². The second-order valence-electron chi connectivity index (χ2n) is 5.67. The summed E-state index contributed by atoms with van der Waals surface area (Å²) in [5.41, 5.74) is 7.50. The summed E-state index contributed by atoms with van der Waals surface area (Å²) in [7, 11) is 0. The van der Waals surface area contributed by atoms with E-state index in [1.54, 1.807) is 0 Å². The highest BCUT2D eigenvalue weighted by atomic mass is 79.9. The van der Waals surface area contributed by atoms with Gasteiger partial charge in [-0.25, -0.2) is 0 Å². The maximum atomic E-state index is 6.29. The molecule has 3 unspecified atom stereocenters. The molecule has 2 heterocycles. The maximum Gasteiger partial charge on any atom is 0.0707 e. The summed E-state index contributed by atoms with van der Waals surface area (Å²) in [5.74, 6) is 0. The van der Waals surface area contributed by atoms with E-state index in [0.29, 0.717) is 12.2 Å². The molecule has 0 saturated carbocycles. The van der Waals surface area contributed by atoms with E-state index in [4.69, 9.17) is 10.5 Å². The lowest BCUT2D eigenvalue weighted by molar-refractivity contribution is -0.0388. The number of halogens is 1. The van der Waals surface area contributed by atoms with Gasteiger partial charge in [-0.3, -0.25) is 4.90 Å². The highest BCUT2D eigenvalue weighted by molar-refractivity contribution is 9.10. The third-order valence-electron chi connectivity index (χ3n) is 4.15. The summed E-state index contributed by atoms with van der Waals surface area (Å²) in [6, 6.07) is 8.44. The van der Waals surface area contributed by atoms with E-state index < -0.39 is 0 Å². The third kappa shape index (κ3) is 3.37. The van der Waals surface area contributed by atoms with Gasteiger partial charge in [0.15, 0.2) is 0 Å². The normalized spacial score (nSPS) is 28.5. The van der Waals surface area contributed by atoms with Crippen molar-refractivity contribution in [1.29, 1.82) is 0 Å². The Balaban J connectivity index is 1.52. The molecule has 0 aromatic heterocycles. The molecule has 1 aromatic carbocycles. The van der Waals surface area contributed by atoms with Crippen LogP contribution in [0.15, 0.2) is 28.7 Å².